The van der Waals surface area contributed by atoms with Crippen LogP contribution in [0.5, 0.6) is 5.75 Å². The quantitative estimate of drug-likeness (QED) is 0.753. The molecule has 0 atom stereocenters. The van der Waals surface area contributed by atoms with E-state index in [9.17, 15) is 0 Å². The van der Waals surface area contributed by atoms with E-state index in [1.54, 1.807) is 0 Å². The Balaban J connectivity index is 1.97. The highest BCUT2D eigenvalue weighted by Crippen LogP contribution is 2.20. The van der Waals surface area contributed by atoms with Gasteiger partial charge in [0.05, 0.1) is 0 Å². The molecular formula is C12H16N2O. The molecule has 0 bridgehead atoms. The van der Waals surface area contributed by atoms with Crippen LogP contribution >= 0.6 is 0 Å². The topological polar surface area (TPSA) is 38.5 Å². The second-order valence-corrected chi connectivity index (χ2v) is 3.51. The van der Waals surface area contributed by atoms with Crippen LogP contribution in [-0.2, 0) is 0 Å². The van der Waals surface area contributed by atoms with Gasteiger partial charge in [0.1, 0.15) is 12.4 Å². The van der Waals surface area contributed by atoms with Crippen LogP contribution in [0.15, 0.2) is 36.4 Å². The van der Waals surface area contributed by atoms with Gasteiger partial charge in [0, 0.05) is 25.3 Å². The van der Waals surface area contributed by atoms with Crippen molar-refractivity contribution in [1.29, 1.82) is 0 Å². The first-order valence-corrected chi connectivity index (χ1v) is 5.23. The third-order valence-corrected chi connectivity index (χ3v) is 2.41. The molecule has 0 fully saturated rings. The highest BCUT2D eigenvalue weighted by Gasteiger charge is 2.06. The number of nitrogens with zero attached hydrogens (tertiary/aromatic N) is 1. The summed E-state index contributed by atoms with van der Waals surface area (Å²) in [6.45, 7) is 3.13. The molecule has 15 heavy (non-hydrogen) atoms. The van der Waals surface area contributed by atoms with Crippen LogP contribution in [0.1, 0.15) is 0 Å². The zero-order valence-corrected chi connectivity index (χ0v) is 8.73. The minimum absolute atomic E-state index is 0.553. The SMILES string of the molecule is NCCOc1ccc(N2CC=CC2)cc1. The van der Waals surface area contributed by atoms with Crippen LogP contribution in [0, 0.1) is 0 Å². The molecule has 2 rings (SSSR count). The van der Waals surface area contributed by atoms with Crippen LogP contribution in [0.25, 0.3) is 0 Å². The molecule has 0 radical (unpaired) electrons. The first kappa shape index (κ1) is 10.1. The van der Waals surface area contributed by atoms with E-state index >= 15 is 0 Å². The van der Waals surface area contributed by atoms with Gasteiger partial charge in [-0.2, -0.15) is 0 Å². The van der Waals surface area contributed by atoms with Crippen molar-refractivity contribution in [2.45, 2.75) is 0 Å². The summed E-state index contributed by atoms with van der Waals surface area (Å²) in [4.78, 5) is 2.30. The molecule has 0 unspecified atom stereocenters. The van der Waals surface area contributed by atoms with Gasteiger partial charge >= 0.3 is 0 Å². The van der Waals surface area contributed by atoms with E-state index in [0.29, 0.717) is 13.2 Å². The second-order valence-electron chi connectivity index (χ2n) is 3.51. The average Bonchev–Trinajstić information content (AvgIpc) is 2.80. The summed E-state index contributed by atoms with van der Waals surface area (Å²) in [6.07, 6.45) is 4.36. The number of hydrogen-bond donors (Lipinski definition) is 1. The molecular weight excluding hydrogens is 188 g/mol. The first-order valence-electron chi connectivity index (χ1n) is 5.23. The minimum Gasteiger partial charge on any atom is -0.492 e. The summed E-state index contributed by atoms with van der Waals surface area (Å²) in [6, 6.07) is 8.14. The Morgan fingerprint density at radius 1 is 1.13 bits per heavy atom. The Bertz CT molecular complexity index is 324. The van der Waals surface area contributed by atoms with Crippen LogP contribution < -0.4 is 15.4 Å². The lowest BCUT2D eigenvalue weighted by Gasteiger charge is -2.17. The largest absolute Gasteiger partial charge is 0.492 e. The Labute approximate surface area is 90.1 Å². The maximum atomic E-state index is 5.41. The Hall–Kier alpha value is -1.48. The van der Waals surface area contributed by atoms with Crippen LogP contribution in [-0.4, -0.2) is 26.2 Å². The third-order valence-electron chi connectivity index (χ3n) is 2.41. The molecule has 1 aliphatic heterocycles. The maximum absolute atomic E-state index is 5.41. The Kier molecular flexibility index (Phi) is 3.25. The van der Waals surface area contributed by atoms with E-state index in [2.05, 4.69) is 29.2 Å². The molecule has 0 saturated carbocycles. The van der Waals surface area contributed by atoms with Crippen molar-refractivity contribution in [1.82, 2.24) is 0 Å². The lowest BCUT2D eigenvalue weighted by Crippen LogP contribution is -2.18. The molecule has 0 aromatic heterocycles. The summed E-state index contributed by atoms with van der Waals surface area (Å²) in [5.74, 6) is 0.886. The fourth-order valence-corrected chi connectivity index (χ4v) is 1.62. The van der Waals surface area contributed by atoms with Crippen molar-refractivity contribution in [3.8, 4) is 5.75 Å². The minimum atomic E-state index is 0.553. The molecule has 3 heteroatoms. The fourth-order valence-electron chi connectivity index (χ4n) is 1.62. The van der Waals surface area contributed by atoms with E-state index < -0.39 is 0 Å². The molecule has 2 N–H and O–H groups in total. The standard InChI is InChI=1S/C12H16N2O/c13-7-10-15-12-5-3-11(4-6-12)14-8-1-2-9-14/h1-6H,7-10,13H2. The first-order chi connectivity index (χ1) is 7.40. The van der Waals surface area contributed by atoms with Gasteiger partial charge in [0.25, 0.3) is 0 Å². The average molecular weight is 204 g/mol. The van der Waals surface area contributed by atoms with Crippen molar-refractivity contribution >= 4 is 5.69 Å². The maximum Gasteiger partial charge on any atom is 0.119 e. The van der Waals surface area contributed by atoms with Crippen molar-refractivity contribution in [3.63, 3.8) is 0 Å². The molecule has 0 amide bonds. The predicted octanol–water partition coefficient (Wildman–Crippen LogP) is 1.40. The number of anilines is 1. The lowest BCUT2D eigenvalue weighted by atomic mass is 10.3. The van der Waals surface area contributed by atoms with Crippen LogP contribution in [0.4, 0.5) is 5.69 Å². The number of rotatable bonds is 4. The van der Waals surface area contributed by atoms with E-state index in [0.717, 1.165) is 18.8 Å². The second kappa shape index (κ2) is 4.84. The predicted molar refractivity (Wildman–Crippen MR) is 62.3 cm³/mol. The molecule has 3 nitrogen and oxygen atoms in total. The van der Waals surface area contributed by atoms with Gasteiger partial charge < -0.3 is 15.4 Å². The molecule has 80 valence electrons. The number of benzene rings is 1. The summed E-state index contributed by atoms with van der Waals surface area (Å²) < 4.78 is 5.41. The molecule has 1 aromatic rings. The van der Waals surface area contributed by atoms with E-state index in [1.807, 2.05) is 12.1 Å². The molecule has 0 spiro atoms. The number of hydrogen-bond acceptors (Lipinski definition) is 3. The molecule has 0 aliphatic carbocycles. The van der Waals surface area contributed by atoms with Crippen LogP contribution in [0.2, 0.25) is 0 Å². The van der Waals surface area contributed by atoms with Gasteiger partial charge in [-0.25, -0.2) is 0 Å². The molecule has 1 aliphatic rings. The number of nitrogens with two attached hydrogens (primary N) is 1. The van der Waals surface area contributed by atoms with Crippen molar-refractivity contribution in [2.75, 3.05) is 31.1 Å². The summed E-state index contributed by atoms with van der Waals surface area (Å²) >= 11 is 0. The van der Waals surface area contributed by atoms with Crippen molar-refractivity contribution in [2.24, 2.45) is 5.73 Å². The lowest BCUT2D eigenvalue weighted by molar-refractivity contribution is 0.328. The normalized spacial score (nSPS) is 14.6. The number of ether oxygens (including phenoxy) is 1. The molecule has 1 aromatic carbocycles. The van der Waals surface area contributed by atoms with Crippen molar-refractivity contribution in [3.05, 3.63) is 36.4 Å². The van der Waals surface area contributed by atoms with Gasteiger partial charge in [-0.1, -0.05) is 12.2 Å². The zero-order chi connectivity index (χ0) is 10.5. The van der Waals surface area contributed by atoms with Gasteiger partial charge in [-0.05, 0) is 24.3 Å². The van der Waals surface area contributed by atoms with Gasteiger partial charge in [0.2, 0.25) is 0 Å². The van der Waals surface area contributed by atoms with Gasteiger partial charge in [-0.3, -0.25) is 0 Å². The zero-order valence-electron chi connectivity index (χ0n) is 8.73. The van der Waals surface area contributed by atoms with Gasteiger partial charge in [-0.15, -0.1) is 0 Å². The monoisotopic (exact) mass is 204 g/mol. The molecule has 1 heterocycles. The third kappa shape index (κ3) is 2.50. The van der Waals surface area contributed by atoms with Gasteiger partial charge in [0.15, 0.2) is 0 Å². The summed E-state index contributed by atoms with van der Waals surface area (Å²) in [7, 11) is 0. The van der Waals surface area contributed by atoms with Crippen LogP contribution in [0.3, 0.4) is 0 Å². The fraction of sp³-hybridized carbons (Fsp3) is 0.333. The van der Waals surface area contributed by atoms with E-state index in [1.165, 1.54) is 5.69 Å². The smallest absolute Gasteiger partial charge is 0.119 e. The Morgan fingerprint density at radius 3 is 2.40 bits per heavy atom. The van der Waals surface area contributed by atoms with E-state index in [4.69, 9.17) is 10.5 Å². The summed E-state index contributed by atoms with van der Waals surface area (Å²) in [5.41, 5.74) is 6.60. The highest BCUT2D eigenvalue weighted by atomic mass is 16.5. The van der Waals surface area contributed by atoms with Crippen molar-refractivity contribution < 1.29 is 4.74 Å². The van der Waals surface area contributed by atoms with E-state index in [-0.39, 0.29) is 0 Å². The Morgan fingerprint density at radius 2 is 1.80 bits per heavy atom. The summed E-state index contributed by atoms with van der Waals surface area (Å²) in [5, 5.41) is 0. The molecule has 0 saturated heterocycles. The highest BCUT2D eigenvalue weighted by molar-refractivity contribution is 5.51.